The molecule has 7 nitrogen and oxygen atoms in total. The van der Waals surface area contributed by atoms with E-state index in [-0.39, 0.29) is 17.2 Å². The van der Waals surface area contributed by atoms with Crippen LogP contribution >= 0.6 is 0 Å². The highest BCUT2D eigenvalue weighted by Crippen LogP contribution is 2.20. The number of nitrogens with one attached hydrogen (secondary N) is 3. The number of anilines is 1. The Morgan fingerprint density at radius 3 is 2.73 bits per heavy atom. The van der Waals surface area contributed by atoms with Crippen LogP contribution in [0.25, 0.3) is 0 Å². The van der Waals surface area contributed by atoms with Crippen LogP contribution in [0.4, 0.5) is 5.69 Å². The zero-order valence-corrected chi connectivity index (χ0v) is 11.9. The molecule has 0 fully saturated rings. The first-order valence-corrected chi connectivity index (χ1v) is 6.94. The first-order valence-electron chi connectivity index (χ1n) is 6.94. The summed E-state index contributed by atoms with van der Waals surface area (Å²) in [5.74, 6) is -1.25. The van der Waals surface area contributed by atoms with Crippen LogP contribution in [0.2, 0.25) is 0 Å². The van der Waals surface area contributed by atoms with E-state index in [9.17, 15) is 14.4 Å². The van der Waals surface area contributed by atoms with E-state index < -0.39 is 11.8 Å². The molecule has 3 N–H and O–H groups in total. The Bertz CT molecular complexity index is 779. The van der Waals surface area contributed by atoms with E-state index in [1.165, 1.54) is 12.1 Å². The smallest absolute Gasteiger partial charge is 0.276 e. The third-order valence-electron chi connectivity index (χ3n) is 3.38. The minimum absolute atomic E-state index is 0.261. The predicted octanol–water partition coefficient (Wildman–Crippen LogP) is 1.50. The van der Waals surface area contributed by atoms with E-state index in [4.69, 9.17) is 0 Å². The second-order valence-electron chi connectivity index (χ2n) is 5.03. The Balaban J connectivity index is 1.78. The lowest BCUT2D eigenvalue weighted by atomic mass is 10.1. The van der Waals surface area contributed by atoms with Crippen molar-refractivity contribution in [2.75, 3.05) is 5.32 Å². The fourth-order valence-corrected chi connectivity index (χ4v) is 2.32. The second kappa shape index (κ2) is 5.44. The van der Waals surface area contributed by atoms with Gasteiger partial charge in [-0.3, -0.25) is 24.8 Å². The molecule has 2 heterocycles. The van der Waals surface area contributed by atoms with Gasteiger partial charge in [-0.15, -0.1) is 0 Å². The molecule has 3 rings (SSSR count). The van der Waals surface area contributed by atoms with Gasteiger partial charge in [0.2, 0.25) is 0 Å². The number of benzene rings is 1. The number of H-pyrrole nitrogens is 1. The summed E-state index contributed by atoms with van der Waals surface area (Å²) in [6.07, 6.45) is 1.78. The number of imide groups is 1. The summed E-state index contributed by atoms with van der Waals surface area (Å²) in [5.41, 5.74) is 2.19. The number of fused-ring (bicyclic) bond motifs is 1. The number of aryl methyl sites for hydroxylation is 1. The number of nitrogens with zero attached hydrogens (tertiary/aromatic N) is 1. The van der Waals surface area contributed by atoms with Crippen LogP contribution in [0.1, 0.15) is 50.2 Å². The summed E-state index contributed by atoms with van der Waals surface area (Å²) in [6.45, 7) is 2.04. The Kier molecular flexibility index (Phi) is 3.46. The average Bonchev–Trinajstić information content (AvgIpc) is 3.06. The zero-order valence-electron chi connectivity index (χ0n) is 11.9. The number of rotatable bonds is 4. The summed E-state index contributed by atoms with van der Waals surface area (Å²) < 4.78 is 0. The van der Waals surface area contributed by atoms with Gasteiger partial charge in [0.05, 0.1) is 11.1 Å². The lowest BCUT2D eigenvalue weighted by Crippen LogP contribution is -2.19. The maximum atomic E-state index is 12.1. The summed E-state index contributed by atoms with van der Waals surface area (Å²) in [4.78, 5) is 35.2. The molecule has 1 aliphatic rings. The Labute approximate surface area is 126 Å². The topological polar surface area (TPSA) is 104 Å². The zero-order chi connectivity index (χ0) is 15.7. The summed E-state index contributed by atoms with van der Waals surface area (Å²) in [7, 11) is 0. The molecule has 0 radical (unpaired) electrons. The van der Waals surface area contributed by atoms with E-state index in [1.807, 2.05) is 6.92 Å². The first kappa shape index (κ1) is 14.0. The van der Waals surface area contributed by atoms with Crippen LogP contribution in [0, 0.1) is 0 Å². The largest absolute Gasteiger partial charge is 0.321 e. The molecule has 0 saturated carbocycles. The van der Waals surface area contributed by atoms with Crippen molar-refractivity contribution in [1.82, 2.24) is 15.5 Å². The molecule has 3 amide bonds. The number of carbonyl (C=O) groups is 3. The quantitative estimate of drug-likeness (QED) is 0.744. The number of aromatic amines is 1. The highest BCUT2D eigenvalue weighted by molar-refractivity contribution is 6.22. The SMILES string of the molecule is CCCc1cc(C(=O)Nc2ccc3c(c2)C(=O)NC3=O)n[nH]1. The molecule has 0 aliphatic carbocycles. The highest BCUT2D eigenvalue weighted by atomic mass is 16.2. The van der Waals surface area contributed by atoms with Gasteiger partial charge in [-0.25, -0.2) is 0 Å². The van der Waals surface area contributed by atoms with Crippen molar-refractivity contribution in [2.45, 2.75) is 19.8 Å². The predicted molar refractivity (Wildman–Crippen MR) is 78.8 cm³/mol. The van der Waals surface area contributed by atoms with Gasteiger partial charge in [0.1, 0.15) is 0 Å². The molecule has 0 saturated heterocycles. The monoisotopic (exact) mass is 298 g/mol. The number of aromatic nitrogens is 2. The molecule has 7 heteroatoms. The average molecular weight is 298 g/mol. The minimum atomic E-state index is -0.457. The second-order valence-corrected chi connectivity index (χ2v) is 5.03. The number of hydrogen-bond donors (Lipinski definition) is 3. The molecular formula is C15H14N4O3. The number of amides is 3. The van der Waals surface area contributed by atoms with E-state index >= 15 is 0 Å². The van der Waals surface area contributed by atoms with Gasteiger partial charge in [0.25, 0.3) is 17.7 Å². The molecule has 1 aromatic carbocycles. The molecule has 0 atom stereocenters. The third-order valence-corrected chi connectivity index (χ3v) is 3.38. The lowest BCUT2D eigenvalue weighted by Gasteiger charge is -2.04. The van der Waals surface area contributed by atoms with Crippen molar-refractivity contribution < 1.29 is 14.4 Å². The van der Waals surface area contributed by atoms with Gasteiger partial charge < -0.3 is 5.32 Å². The number of carbonyl (C=O) groups excluding carboxylic acids is 3. The van der Waals surface area contributed by atoms with Crippen LogP contribution in [0.3, 0.4) is 0 Å². The van der Waals surface area contributed by atoms with E-state index in [1.54, 1.807) is 12.1 Å². The van der Waals surface area contributed by atoms with Crippen LogP contribution in [0.15, 0.2) is 24.3 Å². The molecule has 1 aliphatic heterocycles. The van der Waals surface area contributed by atoms with Crippen LogP contribution in [-0.4, -0.2) is 27.9 Å². The van der Waals surface area contributed by atoms with Crippen LogP contribution in [-0.2, 0) is 6.42 Å². The van der Waals surface area contributed by atoms with Crippen molar-refractivity contribution >= 4 is 23.4 Å². The maximum Gasteiger partial charge on any atom is 0.276 e. The van der Waals surface area contributed by atoms with Gasteiger partial charge in [-0.2, -0.15) is 5.10 Å². The molecule has 2 aromatic rings. The molecular weight excluding hydrogens is 284 g/mol. The number of hydrogen-bond acceptors (Lipinski definition) is 4. The van der Waals surface area contributed by atoms with Crippen molar-refractivity contribution in [3.63, 3.8) is 0 Å². The maximum absolute atomic E-state index is 12.1. The van der Waals surface area contributed by atoms with Crippen molar-refractivity contribution in [1.29, 1.82) is 0 Å². The molecule has 112 valence electrons. The third kappa shape index (κ3) is 2.48. The first-order chi connectivity index (χ1) is 10.6. The summed E-state index contributed by atoms with van der Waals surface area (Å²) >= 11 is 0. The highest BCUT2D eigenvalue weighted by Gasteiger charge is 2.26. The fourth-order valence-electron chi connectivity index (χ4n) is 2.32. The van der Waals surface area contributed by atoms with Crippen molar-refractivity contribution in [3.05, 3.63) is 46.8 Å². The van der Waals surface area contributed by atoms with Crippen LogP contribution in [0.5, 0.6) is 0 Å². The van der Waals surface area contributed by atoms with Crippen molar-refractivity contribution in [3.8, 4) is 0 Å². The van der Waals surface area contributed by atoms with Crippen LogP contribution < -0.4 is 10.6 Å². The van der Waals surface area contributed by atoms with Gasteiger partial charge in [0, 0.05) is 11.4 Å². The van der Waals surface area contributed by atoms with E-state index in [0.29, 0.717) is 11.3 Å². The van der Waals surface area contributed by atoms with Gasteiger partial charge >= 0.3 is 0 Å². The standard InChI is InChI=1S/C15H14N4O3/c1-2-3-9-7-12(19-18-9)15(22)16-8-4-5-10-11(6-8)14(21)17-13(10)20/h4-7H,2-3H2,1H3,(H,16,22)(H,18,19)(H,17,20,21). The summed E-state index contributed by atoms with van der Waals surface area (Å²) in [6, 6.07) is 6.27. The summed E-state index contributed by atoms with van der Waals surface area (Å²) in [5, 5.41) is 11.6. The Morgan fingerprint density at radius 1 is 1.18 bits per heavy atom. The normalized spacial score (nSPS) is 13.0. The van der Waals surface area contributed by atoms with E-state index in [2.05, 4.69) is 20.8 Å². The van der Waals surface area contributed by atoms with Crippen molar-refractivity contribution in [2.24, 2.45) is 0 Å². The molecule has 22 heavy (non-hydrogen) atoms. The molecule has 0 spiro atoms. The Hall–Kier alpha value is -2.96. The van der Waals surface area contributed by atoms with Gasteiger partial charge in [0.15, 0.2) is 5.69 Å². The lowest BCUT2D eigenvalue weighted by molar-refractivity contribution is 0.0878. The molecule has 0 unspecified atom stereocenters. The fraction of sp³-hybridized carbons (Fsp3) is 0.200. The van der Waals surface area contributed by atoms with E-state index in [0.717, 1.165) is 18.5 Å². The van der Waals surface area contributed by atoms with Gasteiger partial charge in [-0.05, 0) is 30.7 Å². The Morgan fingerprint density at radius 2 is 1.95 bits per heavy atom. The van der Waals surface area contributed by atoms with Gasteiger partial charge in [-0.1, -0.05) is 13.3 Å². The molecule has 0 bridgehead atoms. The molecule has 1 aromatic heterocycles. The minimum Gasteiger partial charge on any atom is -0.321 e.